The number of amides is 1. The molecule has 0 spiro atoms. The molecule has 1 atom stereocenters. The maximum Gasteiger partial charge on any atom is 0.220 e. The summed E-state index contributed by atoms with van der Waals surface area (Å²) >= 11 is 0. The molecule has 0 bridgehead atoms. The Hall–Kier alpha value is -3.35. The van der Waals surface area contributed by atoms with E-state index in [4.69, 9.17) is 9.72 Å². The van der Waals surface area contributed by atoms with E-state index in [1.165, 1.54) is 0 Å². The van der Waals surface area contributed by atoms with Crippen LogP contribution in [0, 0.1) is 6.92 Å². The lowest BCUT2D eigenvalue weighted by Gasteiger charge is -2.22. The molecule has 1 aromatic carbocycles. The Morgan fingerprint density at radius 2 is 2.17 bits per heavy atom. The predicted molar refractivity (Wildman–Crippen MR) is 116 cm³/mol. The number of aromatic amines is 1. The van der Waals surface area contributed by atoms with Crippen LogP contribution in [0.15, 0.2) is 36.7 Å². The summed E-state index contributed by atoms with van der Waals surface area (Å²) in [7, 11) is 0. The zero-order chi connectivity index (χ0) is 20.8. The van der Waals surface area contributed by atoms with Gasteiger partial charge in [-0.15, -0.1) is 0 Å². The highest BCUT2D eigenvalue weighted by atomic mass is 16.5. The molecule has 4 aromatic rings. The van der Waals surface area contributed by atoms with E-state index in [9.17, 15) is 4.79 Å². The Morgan fingerprint density at radius 1 is 1.30 bits per heavy atom. The van der Waals surface area contributed by atoms with Crippen molar-refractivity contribution in [3.05, 3.63) is 48.0 Å². The Balaban J connectivity index is 1.74. The number of imidazole rings is 1. The number of nitrogens with one attached hydrogen (secondary N) is 1. The van der Waals surface area contributed by atoms with Crippen molar-refractivity contribution in [1.82, 2.24) is 24.3 Å². The number of fused-ring (bicyclic) bond motifs is 3. The van der Waals surface area contributed by atoms with Crippen molar-refractivity contribution in [1.29, 1.82) is 0 Å². The summed E-state index contributed by atoms with van der Waals surface area (Å²) in [4.78, 5) is 27.1. The maximum atomic E-state index is 12.3. The highest BCUT2D eigenvalue weighted by Gasteiger charge is 2.32. The topological polar surface area (TPSA) is 75.5 Å². The minimum Gasteiger partial charge on any atom is -0.494 e. The number of H-pyrrole nitrogens is 1. The van der Waals surface area contributed by atoms with Gasteiger partial charge in [0.2, 0.25) is 5.91 Å². The molecule has 5 rings (SSSR count). The van der Waals surface area contributed by atoms with Crippen LogP contribution >= 0.6 is 0 Å². The number of benzene rings is 1. The average Bonchev–Trinajstić information content (AvgIpc) is 3.46. The van der Waals surface area contributed by atoms with Crippen molar-refractivity contribution >= 4 is 22.6 Å². The standard InChI is InChI=1S/C23H25N5O2/c1-4-30-20-8-7-16(12-14(20)2)21-19-13-25-22-17(9-10-24-22)28(19)23(26-21)18-6-5-11-27(18)15(3)29/h7-10,12-13,18,24H,4-6,11H2,1-3H3. The fraction of sp³-hybridized carbons (Fsp3) is 0.348. The number of likely N-dealkylation sites (tertiary alicyclic amines) is 1. The molecule has 1 saturated heterocycles. The van der Waals surface area contributed by atoms with Gasteiger partial charge >= 0.3 is 0 Å². The first kappa shape index (κ1) is 18.7. The predicted octanol–water partition coefficient (Wildman–Crippen LogP) is 4.27. The molecule has 7 heteroatoms. The third-order valence-electron chi connectivity index (χ3n) is 5.90. The molecule has 4 heterocycles. The van der Waals surface area contributed by atoms with Gasteiger partial charge in [0.1, 0.15) is 11.6 Å². The van der Waals surface area contributed by atoms with Crippen LogP contribution in [0.2, 0.25) is 0 Å². The number of hydrogen-bond donors (Lipinski definition) is 1. The third kappa shape index (κ3) is 2.84. The smallest absolute Gasteiger partial charge is 0.220 e. The fourth-order valence-corrected chi connectivity index (χ4v) is 4.55. The third-order valence-corrected chi connectivity index (χ3v) is 5.90. The first-order valence-electron chi connectivity index (χ1n) is 10.4. The van der Waals surface area contributed by atoms with Gasteiger partial charge in [0.25, 0.3) is 0 Å². The molecule has 0 aliphatic carbocycles. The van der Waals surface area contributed by atoms with Gasteiger partial charge < -0.3 is 14.6 Å². The molecule has 1 amide bonds. The van der Waals surface area contributed by atoms with Crippen LogP contribution in [0.25, 0.3) is 27.9 Å². The van der Waals surface area contributed by atoms with E-state index < -0.39 is 0 Å². The van der Waals surface area contributed by atoms with Crippen molar-refractivity contribution < 1.29 is 9.53 Å². The minimum atomic E-state index is -0.0342. The summed E-state index contributed by atoms with van der Waals surface area (Å²) in [6.07, 6.45) is 5.65. The largest absolute Gasteiger partial charge is 0.494 e. The molecule has 3 aromatic heterocycles. The highest BCUT2D eigenvalue weighted by Crippen LogP contribution is 2.37. The number of aromatic nitrogens is 4. The summed E-state index contributed by atoms with van der Waals surface area (Å²) < 4.78 is 7.86. The van der Waals surface area contributed by atoms with E-state index in [1.807, 2.05) is 49.3 Å². The maximum absolute atomic E-state index is 12.3. The lowest BCUT2D eigenvalue weighted by Crippen LogP contribution is -2.29. The Labute approximate surface area is 174 Å². The normalized spacial score (nSPS) is 16.6. The van der Waals surface area contributed by atoms with Crippen LogP contribution < -0.4 is 4.74 Å². The highest BCUT2D eigenvalue weighted by molar-refractivity contribution is 5.85. The summed E-state index contributed by atoms with van der Waals surface area (Å²) in [5, 5.41) is 0. The molecule has 30 heavy (non-hydrogen) atoms. The van der Waals surface area contributed by atoms with E-state index in [2.05, 4.69) is 20.4 Å². The summed E-state index contributed by atoms with van der Waals surface area (Å²) in [5.41, 5.74) is 5.68. The molecule has 154 valence electrons. The van der Waals surface area contributed by atoms with E-state index in [-0.39, 0.29) is 11.9 Å². The minimum absolute atomic E-state index is 0.0342. The molecule has 1 N–H and O–H groups in total. The number of aryl methyl sites for hydroxylation is 1. The molecule has 7 nitrogen and oxygen atoms in total. The van der Waals surface area contributed by atoms with Crippen LogP contribution in [-0.4, -0.2) is 43.3 Å². The van der Waals surface area contributed by atoms with Gasteiger partial charge in [-0.05, 0) is 56.5 Å². The quantitative estimate of drug-likeness (QED) is 0.552. The van der Waals surface area contributed by atoms with Crippen LogP contribution in [0.1, 0.15) is 44.1 Å². The van der Waals surface area contributed by atoms with Crippen molar-refractivity contribution in [2.24, 2.45) is 0 Å². The van der Waals surface area contributed by atoms with Crippen LogP contribution in [0.5, 0.6) is 5.75 Å². The molecule has 1 aliphatic rings. The Bertz CT molecular complexity index is 1260. The SMILES string of the molecule is CCOc1ccc(-c2nc(C3CCCN3C(C)=O)n3c2cnc2[nH]ccc23)cc1C. The number of hydrogen-bond acceptors (Lipinski definition) is 4. The lowest BCUT2D eigenvalue weighted by molar-refractivity contribution is -0.129. The second-order valence-corrected chi connectivity index (χ2v) is 7.79. The van der Waals surface area contributed by atoms with E-state index in [0.29, 0.717) is 6.61 Å². The van der Waals surface area contributed by atoms with Crippen molar-refractivity contribution in [3.8, 4) is 17.0 Å². The van der Waals surface area contributed by atoms with Crippen LogP contribution in [-0.2, 0) is 4.79 Å². The number of ether oxygens (including phenoxy) is 1. The number of carbonyl (C=O) groups is 1. The summed E-state index contributed by atoms with van der Waals surface area (Å²) in [6.45, 7) is 7.07. The van der Waals surface area contributed by atoms with Crippen LogP contribution in [0.4, 0.5) is 0 Å². The average molecular weight is 403 g/mol. The summed E-state index contributed by atoms with van der Waals surface area (Å²) in [6, 6.07) is 8.13. The van der Waals surface area contributed by atoms with Crippen LogP contribution in [0.3, 0.4) is 0 Å². The molecule has 0 saturated carbocycles. The van der Waals surface area contributed by atoms with Gasteiger partial charge in [0.15, 0.2) is 5.65 Å². The Morgan fingerprint density at radius 3 is 2.93 bits per heavy atom. The van der Waals surface area contributed by atoms with Gasteiger partial charge in [0, 0.05) is 25.2 Å². The monoisotopic (exact) mass is 403 g/mol. The van der Waals surface area contributed by atoms with Gasteiger partial charge in [-0.25, -0.2) is 9.97 Å². The van der Waals surface area contributed by atoms with Crippen molar-refractivity contribution in [2.45, 2.75) is 39.7 Å². The molecular formula is C23H25N5O2. The van der Waals surface area contributed by atoms with E-state index >= 15 is 0 Å². The first-order valence-corrected chi connectivity index (χ1v) is 10.4. The van der Waals surface area contributed by atoms with E-state index in [0.717, 1.165) is 64.5 Å². The van der Waals surface area contributed by atoms with Crippen molar-refractivity contribution in [2.75, 3.05) is 13.2 Å². The number of carbonyl (C=O) groups excluding carboxylic acids is 1. The fourth-order valence-electron chi connectivity index (χ4n) is 4.55. The lowest BCUT2D eigenvalue weighted by atomic mass is 10.1. The van der Waals surface area contributed by atoms with Gasteiger partial charge in [0.05, 0.1) is 35.6 Å². The van der Waals surface area contributed by atoms with Gasteiger partial charge in [-0.2, -0.15) is 0 Å². The van der Waals surface area contributed by atoms with Gasteiger partial charge in [-0.1, -0.05) is 0 Å². The van der Waals surface area contributed by atoms with Crippen molar-refractivity contribution in [3.63, 3.8) is 0 Å². The number of rotatable bonds is 4. The zero-order valence-electron chi connectivity index (χ0n) is 17.5. The molecule has 0 radical (unpaired) electrons. The Kier molecular flexibility index (Phi) is 4.46. The molecule has 1 fully saturated rings. The molecule has 1 unspecified atom stereocenters. The van der Waals surface area contributed by atoms with E-state index in [1.54, 1.807) is 6.92 Å². The zero-order valence-corrected chi connectivity index (χ0v) is 17.5. The second kappa shape index (κ2) is 7.16. The molecule has 1 aliphatic heterocycles. The molecular weight excluding hydrogens is 378 g/mol. The summed E-state index contributed by atoms with van der Waals surface area (Å²) in [5.74, 6) is 1.87. The first-order chi connectivity index (χ1) is 14.6. The second-order valence-electron chi connectivity index (χ2n) is 7.79. The number of nitrogens with zero attached hydrogens (tertiary/aromatic N) is 4. The van der Waals surface area contributed by atoms with Gasteiger partial charge in [-0.3, -0.25) is 9.20 Å².